The Hall–Kier alpha value is 0.274. The van der Waals surface area contributed by atoms with Gasteiger partial charge in [0.15, 0.2) is 9.76 Å². The fraction of sp³-hybridized carbons (Fsp3) is 1.00. The van der Waals surface area contributed by atoms with Crippen molar-refractivity contribution in [2.24, 2.45) is 5.90 Å². The first-order chi connectivity index (χ1) is 5.83. The third-order valence-corrected chi connectivity index (χ3v) is 1.56. The first-order valence-electron chi connectivity index (χ1n) is 4.24. The van der Waals surface area contributed by atoms with E-state index in [4.69, 9.17) is 4.80 Å². The minimum absolute atomic E-state index is 0.583. The predicted octanol–water partition coefficient (Wildman–Crippen LogP) is -0.807. The molecule has 1 aliphatic rings. The molecule has 0 aromatic rings. The van der Waals surface area contributed by atoms with Crippen LogP contribution in [0, 0.1) is 0 Å². The summed E-state index contributed by atoms with van der Waals surface area (Å²) in [6, 6.07) is 0. The van der Waals surface area contributed by atoms with E-state index in [-0.39, 0.29) is 0 Å². The van der Waals surface area contributed by atoms with E-state index in [2.05, 4.69) is 14.8 Å². The summed E-state index contributed by atoms with van der Waals surface area (Å²) in [6.45, 7) is 1.82. The van der Waals surface area contributed by atoms with Crippen molar-refractivity contribution >= 4 is 19.8 Å². The predicted molar refractivity (Wildman–Crippen MR) is 55.9 cm³/mol. The zero-order chi connectivity index (χ0) is 9.66. The van der Waals surface area contributed by atoms with Crippen molar-refractivity contribution in [2.75, 3.05) is 7.11 Å². The van der Waals surface area contributed by atoms with Gasteiger partial charge in [0.05, 0.1) is 0 Å². The van der Waals surface area contributed by atoms with Gasteiger partial charge in [0.2, 0.25) is 0 Å². The molecule has 0 heterocycles. The van der Waals surface area contributed by atoms with Crippen LogP contribution in [0.1, 0.15) is 25.7 Å². The Morgan fingerprint density at radius 3 is 1.58 bits per heavy atom. The molecule has 4 nitrogen and oxygen atoms in total. The summed E-state index contributed by atoms with van der Waals surface area (Å²) in [5.41, 5.74) is 0. The van der Waals surface area contributed by atoms with E-state index in [1.54, 1.807) is 7.11 Å². The monoisotopic (exact) mass is 211 g/mol. The van der Waals surface area contributed by atoms with E-state index in [0.29, 0.717) is 0 Å². The van der Waals surface area contributed by atoms with Crippen molar-refractivity contribution in [1.29, 1.82) is 0 Å². The van der Waals surface area contributed by atoms with Gasteiger partial charge >= 0.3 is 10.0 Å². The van der Waals surface area contributed by atoms with Crippen LogP contribution in [0.4, 0.5) is 0 Å². The molecule has 0 saturated heterocycles. The van der Waals surface area contributed by atoms with E-state index in [9.17, 15) is 0 Å². The molecular formula is C6H21NO3Si2. The third kappa shape index (κ3) is 22.4. The Morgan fingerprint density at radius 1 is 1.25 bits per heavy atom. The summed E-state index contributed by atoms with van der Waals surface area (Å²) in [4.78, 5) is 7.71. The minimum atomic E-state index is -0.790. The van der Waals surface area contributed by atoms with Crippen molar-refractivity contribution in [3.05, 3.63) is 0 Å². The van der Waals surface area contributed by atoms with E-state index in [1.807, 2.05) is 6.55 Å². The molecule has 0 aliphatic heterocycles. The molecular weight excluding hydrogens is 190 g/mol. The lowest BCUT2D eigenvalue weighted by atomic mass is 10.0. The maximum atomic E-state index is 7.71. The molecule has 0 aromatic carbocycles. The molecule has 1 aliphatic carbocycles. The largest absolute Gasteiger partial charge is 0.438 e. The summed E-state index contributed by atoms with van der Waals surface area (Å²) >= 11 is 0. The second-order valence-electron chi connectivity index (χ2n) is 2.30. The molecule has 0 atom stereocenters. The Labute approximate surface area is 79.4 Å². The normalized spacial score (nSPS) is 15.0. The molecule has 0 spiro atoms. The molecule has 0 unspecified atom stereocenters. The second-order valence-corrected chi connectivity index (χ2v) is 4.08. The van der Waals surface area contributed by atoms with Gasteiger partial charge in [-0.3, -0.25) is 0 Å². The van der Waals surface area contributed by atoms with Gasteiger partial charge in [0.1, 0.15) is 0 Å². The summed E-state index contributed by atoms with van der Waals surface area (Å²) in [5.74, 6) is 4.58. The van der Waals surface area contributed by atoms with Crippen LogP contribution in [0.25, 0.3) is 0 Å². The Kier molecular flexibility index (Phi) is 21.4. The van der Waals surface area contributed by atoms with Crippen LogP contribution >= 0.6 is 0 Å². The van der Waals surface area contributed by atoms with Gasteiger partial charge in [0.25, 0.3) is 0 Å². The van der Waals surface area contributed by atoms with Gasteiger partial charge in [-0.1, -0.05) is 32.2 Å². The summed E-state index contributed by atoms with van der Waals surface area (Å²) in [7, 11) is 0.195. The van der Waals surface area contributed by atoms with Gasteiger partial charge in [-0.05, 0) is 0 Å². The quantitative estimate of drug-likeness (QED) is 0.463. The lowest BCUT2D eigenvalue weighted by Crippen LogP contribution is -2.05. The van der Waals surface area contributed by atoms with Gasteiger partial charge in [0, 0.05) is 7.11 Å². The highest BCUT2D eigenvalue weighted by Crippen LogP contribution is 2.15. The topological polar surface area (TPSA) is 64.7 Å². The Morgan fingerprint density at radius 2 is 1.58 bits per heavy atom. The number of nitrogens with two attached hydrogens (primary N) is 1. The molecule has 1 rings (SSSR count). The fourth-order valence-corrected chi connectivity index (χ4v) is 0.454. The molecule has 0 bridgehead atoms. The number of rotatable bonds is 2. The average Bonchev–Trinajstić information content (AvgIpc) is 1.87. The molecule has 76 valence electrons. The van der Waals surface area contributed by atoms with Crippen molar-refractivity contribution in [2.45, 2.75) is 32.2 Å². The zero-order valence-corrected chi connectivity index (χ0v) is 10.9. The van der Waals surface area contributed by atoms with Crippen LogP contribution in [0.2, 0.25) is 6.55 Å². The smallest absolute Gasteiger partial charge is 0.325 e. The molecule has 1 fully saturated rings. The lowest BCUT2D eigenvalue weighted by molar-refractivity contribution is 0.264. The second kappa shape index (κ2) is 17.4. The van der Waals surface area contributed by atoms with E-state index in [0.717, 1.165) is 0 Å². The average molecular weight is 211 g/mol. The van der Waals surface area contributed by atoms with E-state index < -0.39 is 19.8 Å². The number of hydrogen-bond donors (Lipinski definition) is 2. The van der Waals surface area contributed by atoms with Crippen molar-refractivity contribution in [1.82, 2.24) is 0 Å². The Bertz CT molecular complexity index is 58.8. The summed E-state index contributed by atoms with van der Waals surface area (Å²) < 4.78 is 8.59. The fourth-order valence-electron chi connectivity index (χ4n) is 0.318. The molecule has 1 saturated carbocycles. The minimum Gasteiger partial charge on any atom is -0.438 e. The summed E-state index contributed by atoms with van der Waals surface area (Å²) in [5, 5.41) is 0. The van der Waals surface area contributed by atoms with E-state index in [1.165, 1.54) is 25.7 Å². The van der Waals surface area contributed by atoms with Crippen LogP contribution < -0.4 is 5.90 Å². The van der Waals surface area contributed by atoms with Crippen LogP contribution in [0.15, 0.2) is 0 Å². The molecule has 6 heteroatoms. The first-order valence-corrected chi connectivity index (χ1v) is 7.45. The maximum absolute atomic E-state index is 7.71. The van der Waals surface area contributed by atoms with Gasteiger partial charge in [-0.25, -0.2) is 5.90 Å². The highest BCUT2D eigenvalue weighted by molar-refractivity contribution is 6.22. The highest BCUT2D eigenvalue weighted by Gasteiger charge is 1.95. The van der Waals surface area contributed by atoms with Crippen molar-refractivity contribution in [3.63, 3.8) is 0 Å². The van der Waals surface area contributed by atoms with Crippen molar-refractivity contribution < 1.29 is 13.7 Å². The summed E-state index contributed by atoms with van der Waals surface area (Å²) in [6.07, 6.45) is 6.00. The first kappa shape index (κ1) is 14.8. The van der Waals surface area contributed by atoms with Crippen LogP contribution in [-0.2, 0) is 8.95 Å². The molecule has 12 heavy (non-hydrogen) atoms. The lowest BCUT2D eigenvalue weighted by Gasteiger charge is -2.05. The molecule has 3 N–H and O–H groups in total. The Balaban J connectivity index is 0. The molecule has 0 radical (unpaired) electrons. The van der Waals surface area contributed by atoms with E-state index >= 15 is 0 Å². The zero-order valence-electron chi connectivity index (χ0n) is 8.08. The standard InChI is InChI=1S/C4H8.CH7NO2Si.CH6OSi/c1-2-4-3-1;1-3-5-4-2;1-3-2/h1-4H2;2,5H2,1H3;2H,3H2,1H3. The molecule has 0 aromatic heterocycles. The third-order valence-electron chi connectivity index (χ3n) is 1.19. The van der Waals surface area contributed by atoms with Gasteiger partial charge < -0.3 is 13.7 Å². The van der Waals surface area contributed by atoms with Crippen molar-refractivity contribution in [3.8, 4) is 0 Å². The number of hydrogen-bond acceptors (Lipinski definition) is 4. The SMILES string of the molecule is C1CCC1.CO[SiH2]ON.C[SiH2]O. The van der Waals surface area contributed by atoms with Crippen LogP contribution in [0.5, 0.6) is 0 Å². The van der Waals surface area contributed by atoms with Crippen LogP contribution in [-0.4, -0.2) is 31.7 Å². The molecule has 0 amide bonds. The highest BCUT2D eigenvalue weighted by atomic mass is 28.3. The van der Waals surface area contributed by atoms with Gasteiger partial charge in [-0.2, -0.15) is 0 Å². The van der Waals surface area contributed by atoms with Crippen LogP contribution in [0.3, 0.4) is 0 Å². The van der Waals surface area contributed by atoms with Gasteiger partial charge in [-0.15, -0.1) is 0 Å². The maximum Gasteiger partial charge on any atom is 0.325 e.